The number of methoxy groups -OCH3 is 1. The van der Waals surface area contributed by atoms with E-state index in [2.05, 4.69) is 5.32 Å². The average molecular weight is 539 g/mol. The fourth-order valence-electron chi connectivity index (χ4n) is 3.45. The minimum atomic E-state index is -4.08. The van der Waals surface area contributed by atoms with Gasteiger partial charge in [-0.05, 0) is 72.3 Å². The Morgan fingerprint density at radius 1 is 1.00 bits per heavy atom. The monoisotopic (exact) mass is 538 g/mol. The van der Waals surface area contributed by atoms with Gasteiger partial charge >= 0.3 is 10.1 Å². The van der Waals surface area contributed by atoms with Gasteiger partial charge in [0.15, 0.2) is 11.5 Å². The number of carbonyl (C=O) groups is 3. The molecule has 37 heavy (non-hydrogen) atoms. The van der Waals surface area contributed by atoms with E-state index in [1.54, 1.807) is 36.4 Å². The van der Waals surface area contributed by atoms with Crippen molar-refractivity contribution in [2.45, 2.75) is 11.8 Å². The number of benzene rings is 3. The van der Waals surface area contributed by atoms with Crippen molar-refractivity contribution >= 4 is 50.7 Å². The molecule has 1 fully saturated rings. The highest BCUT2D eigenvalue weighted by atomic mass is 32.2. The van der Waals surface area contributed by atoms with Gasteiger partial charge in [0.25, 0.3) is 11.1 Å². The van der Waals surface area contributed by atoms with Crippen LogP contribution in [0.25, 0.3) is 6.08 Å². The van der Waals surface area contributed by atoms with Crippen molar-refractivity contribution in [1.82, 2.24) is 4.90 Å². The van der Waals surface area contributed by atoms with Gasteiger partial charge in [-0.2, -0.15) is 8.42 Å². The number of ether oxygens (including phenoxy) is 1. The van der Waals surface area contributed by atoms with E-state index in [1.807, 2.05) is 13.0 Å². The first kappa shape index (κ1) is 26.0. The summed E-state index contributed by atoms with van der Waals surface area (Å²) in [5, 5.41) is 2.10. The molecule has 0 bridgehead atoms. The summed E-state index contributed by atoms with van der Waals surface area (Å²) in [6.45, 7) is 1.45. The van der Waals surface area contributed by atoms with E-state index in [9.17, 15) is 22.8 Å². The van der Waals surface area contributed by atoms with Gasteiger partial charge in [-0.15, -0.1) is 0 Å². The Labute approximate surface area is 218 Å². The van der Waals surface area contributed by atoms with Crippen molar-refractivity contribution in [3.05, 3.63) is 88.8 Å². The highest BCUT2D eigenvalue weighted by Gasteiger charge is 2.36. The molecule has 0 atom stereocenters. The van der Waals surface area contributed by atoms with Crippen LogP contribution in [0.15, 0.2) is 82.6 Å². The van der Waals surface area contributed by atoms with Crippen molar-refractivity contribution in [2.75, 3.05) is 19.0 Å². The lowest BCUT2D eigenvalue weighted by atomic mass is 10.2. The predicted octanol–water partition coefficient (Wildman–Crippen LogP) is 4.45. The zero-order valence-electron chi connectivity index (χ0n) is 19.8. The number of nitrogens with zero attached hydrogens (tertiary/aromatic N) is 1. The topological polar surface area (TPSA) is 119 Å². The molecule has 3 aromatic carbocycles. The minimum absolute atomic E-state index is 0.0127. The molecule has 0 radical (unpaired) electrons. The molecular formula is C26H22N2O7S2. The van der Waals surface area contributed by atoms with Crippen molar-refractivity contribution in [3.8, 4) is 11.5 Å². The van der Waals surface area contributed by atoms with Crippen LogP contribution in [0.2, 0.25) is 0 Å². The van der Waals surface area contributed by atoms with Gasteiger partial charge in [-0.25, -0.2) is 0 Å². The normalized spacial score (nSPS) is 14.6. The lowest BCUT2D eigenvalue weighted by Gasteiger charge is -2.13. The molecule has 1 heterocycles. The number of aryl methyl sites for hydroxylation is 1. The Balaban J connectivity index is 1.48. The number of hydrogen-bond donors (Lipinski definition) is 1. The molecule has 1 aliphatic heterocycles. The first-order valence-electron chi connectivity index (χ1n) is 11.0. The van der Waals surface area contributed by atoms with Crippen LogP contribution in [-0.2, 0) is 19.7 Å². The summed E-state index contributed by atoms with van der Waals surface area (Å²) >= 11 is 0.703. The maximum Gasteiger partial charge on any atom is 0.339 e. The highest BCUT2D eigenvalue weighted by molar-refractivity contribution is 8.18. The van der Waals surface area contributed by atoms with Gasteiger partial charge in [0, 0.05) is 5.69 Å². The van der Waals surface area contributed by atoms with E-state index >= 15 is 0 Å². The van der Waals surface area contributed by atoms with Crippen LogP contribution < -0.4 is 14.2 Å². The molecule has 11 heteroatoms. The van der Waals surface area contributed by atoms with Crippen molar-refractivity contribution < 1.29 is 31.7 Å². The van der Waals surface area contributed by atoms with E-state index in [0.717, 1.165) is 10.5 Å². The number of anilines is 1. The molecule has 3 aromatic rings. The summed E-state index contributed by atoms with van der Waals surface area (Å²) in [6, 6.07) is 19.2. The number of thioether (sulfide) groups is 1. The second-order valence-corrected chi connectivity index (χ2v) is 10.5. The molecule has 4 rings (SSSR count). The largest absolute Gasteiger partial charge is 0.493 e. The second kappa shape index (κ2) is 10.9. The van der Waals surface area contributed by atoms with Gasteiger partial charge in [-0.1, -0.05) is 36.4 Å². The molecule has 0 unspecified atom stereocenters. The van der Waals surface area contributed by atoms with E-state index in [1.165, 1.54) is 43.5 Å². The summed E-state index contributed by atoms with van der Waals surface area (Å²) in [7, 11) is -2.73. The summed E-state index contributed by atoms with van der Waals surface area (Å²) < 4.78 is 35.6. The van der Waals surface area contributed by atoms with E-state index in [0.29, 0.717) is 23.0 Å². The highest BCUT2D eigenvalue weighted by Crippen LogP contribution is 2.35. The number of hydrogen-bond acceptors (Lipinski definition) is 8. The van der Waals surface area contributed by atoms with Gasteiger partial charge in [0.05, 0.1) is 12.0 Å². The Morgan fingerprint density at radius 3 is 2.46 bits per heavy atom. The summed E-state index contributed by atoms with van der Waals surface area (Å²) in [6.07, 6.45) is 1.46. The third-order valence-corrected chi connectivity index (χ3v) is 7.35. The van der Waals surface area contributed by atoms with Crippen LogP contribution in [0, 0.1) is 6.92 Å². The Bertz CT molecular complexity index is 1500. The van der Waals surface area contributed by atoms with Crippen LogP contribution in [-0.4, -0.2) is 44.0 Å². The molecule has 190 valence electrons. The Kier molecular flexibility index (Phi) is 7.65. The zero-order valence-corrected chi connectivity index (χ0v) is 21.5. The van der Waals surface area contributed by atoms with Crippen molar-refractivity contribution in [2.24, 2.45) is 0 Å². The molecule has 0 saturated carbocycles. The maximum atomic E-state index is 12.8. The third kappa shape index (κ3) is 6.19. The van der Waals surface area contributed by atoms with E-state index in [-0.39, 0.29) is 21.3 Å². The van der Waals surface area contributed by atoms with Crippen molar-refractivity contribution in [3.63, 3.8) is 0 Å². The van der Waals surface area contributed by atoms with Crippen LogP contribution >= 0.6 is 11.8 Å². The summed E-state index contributed by atoms with van der Waals surface area (Å²) in [4.78, 5) is 38.6. The van der Waals surface area contributed by atoms with Crippen LogP contribution in [0.3, 0.4) is 0 Å². The van der Waals surface area contributed by atoms with Crippen LogP contribution in [0.1, 0.15) is 11.1 Å². The van der Waals surface area contributed by atoms with Gasteiger partial charge < -0.3 is 14.2 Å². The lowest BCUT2D eigenvalue weighted by molar-refractivity contribution is -0.127. The SMILES string of the molecule is COc1cc(/C=C2\SC(=O)N(CC(=O)Nc3cccc(C)c3)C2=O)ccc1OS(=O)(=O)c1ccccc1. The van der Waals surface area contributed by atoms with Gasteiger partial charge in [0.1, 0.15) is 11.4 Å². The number of amides is 3. The van der Waals surface area contributed by atoms with E-state index < -0.39 is 33.7 Å². The second-order valence-electron chi connectivity index (χ2n) is 7.95. The fourth-order valence-corrected chi connectivity index (χ4v) is 5.25. The molecule has 1 saturated heterocycles. The van der Waals surface area contributed by atoms with Crippen molar-refractivity contribution in [1.29, 1.82) is 0 Å². The average Bonchev–Trinajstić information content (AvgIpc) is 3.12. The number of nitrogens with one attached hydrogen (secondary N) is 1. The standard InChI is InChI=1S/C26H22N2O7S2/c1-17-7-6-8-19(13-17)27-24(29)16-28-25(30)23(36-26(28)31)15-18-11-12-21(22(14-18)34-2)35-37(32,33)20-9-4-3-5-10-20/h3-15H,16H2,1-2H3,(H,27,29)/b23-15-. The molecule has 0 aliphatic carbocycles. The van der Waals surface area contributed by atoms with E-state index in [4.69, 9.17) is 8.92 Å². The molecule has 1 aliphatic rings. The predicted molar refractivity (Wildman–Crippen MR) is 140 cm³/mol. The lowest BCUT2D eigenvalue weighted by Crippen LogP contribution is -2.36. The van der Waals surface area contributed by atoms with Crippen LogP contribution in [0.4, 0.5) is 10.5 Å². The first-order valence-corrected chi connectivity index (χ1v) is 13.2. The fraction of sp³-hybridized carbons (Fsp3) is 0.115. The zero-order chi connectivity index (χ0) is 26.6. The smallest absolute Gasteiger partial charge is 0.339 e. The Hall–Kier alpha value is -4.09. The van der Waals surface area contributed by atoms with Crippen LogP contribution in [0.5, 0.6) is 11.5 Å². The molecule has 0 aromatic heterocycles. The maximum absolute atomic E-state index is 12.8. The number of imide groups is 1. The number of carbonyl (C=O) groups excluding carboxylic acids is 3. The Morgan fingerprint density at radius 2 is 1.76 bits per heavy atom. The van der Waals surface area contributed by atoms with Gasteiger partial charge in [0.2, 0.25) is 5.91 Å². The molecule has 9 nitrogen and oxygen atoms in total. The molecular weight excluding hydrogens is 516 g/mol. The minimum Gasteiger partial charge on any atom is -0.493 e. The third-order valence-electron chi connectivity index (χ3n) is 5.19. The molecule has 0 spiro atoms. The summed E-state index contributed by atoms with van der Waals surface area (Å²) in [5.41, 5.74) is 1.99. The quantitative estimate of drug-likeness (QED) is 0.330. The molecule has 1 N–H and O–H groups in total. The molecule has 3 amide bonds. The first-order chi connectivity index (χ1) is 17.7. The number of rotatable bonds is 8. The van der Waals surface area contributed by atoms with Gasteiger partial charge in [-0.3, -0.25) is 19.3 Å². The summed E-state index contributed by atoms with van der Waals surface area (Å²) in [5.74, 6) is -1.04.